The Labute approximate surface area is 162 Å². The molecule has 6 nitrogen and oxygen atoms in total. The van der Waals surface area contributed by atoms with Crippen molar-refractivity contribution in [3.63, 3.8) is 0 Å². The minimum atomic E-state index is -3.29. The van der Waals surface area contributed by atoms with E-state index in [4.69, 9.17) is 0 Å². The molecular formula is C20H28N4O2S. The predicted molar refractivity (Wildman–Crippen MR) is 111 cm³/mol. The van der Waals surface area contributed by atoms with Gasteiger partial charge in [0.05, 0.1) is 18.3 Å². The highest BCUT2D eigenvalue weighted by atomic mass is 32.2. The number of nitrogens with zero attached hydrogens (tertiary/aromatic N) is 1. The van der Waals surface area contributed by atoms with Crippen LogP contribution < -0.4 is 15.4 Å². The molecule has 27 heavy (non-hydrogen) atoms. The van der Waals surface area contributed by atoms with Crippen molar-refractivity contribution in [2.75, 3.05) is 13.6 Å². The van der Waals surface area contributed by atoms with E-state index in [0.29, 0.717) is 6.54 Å². The molecular weight excluding hydrogens is 360 g/mol. The minimum Gasteiger partial charge on any atom is -0.357 e. The van der Waals surface area contributed by atoms with E-state index in [1.165, 1.54) is 12.6 Å². The van der Waals surface area contributed by atoms with Crippen molar-refractivity contribution in [1.29, 1.82) is 0 Å². The fourth-order valence-electron chi connectivity index (χ4n) is 2.63. The molecule has 0 aliphatic heterocycles. The topological polar surface area (TPSA) is 82.6 Å². The summed E-state index contributed by atoms with van der Waals surface area (Å²) in [4.78, 5) is 4.64. The third kappa shape index (κ3) is 7.03. The average molecular weight is 389 g/mol. The van der Waals surface area contributed by atoms with Gasteiger partial charge in [-0.15, -0.1) is 0 Å². The summed E-state index contributed by atoms with van der Waals surface area (Å²) in [5, 5.41) is 6.65. The van der Waals surface area contributed by atoms with Crippen LogP contribution in [-0.4, -0.2) is 28.0 Å². The molecule has 0 fully saturated rings. The SMILES string of the molecule is CCNC(=NCc1cccc(CS(=O)(=O)NC)c1)NC(C)c1ccccc1. The fourth-order valence-corrected chi connectivity index (χ4v) is 3.39. The van der Waals surface area contributed by atoms with Crippen molar-refractivity contribution >= 4 is 16.0 Å². The number of sulfonamides is 1. The highest BCUT2D eigenvalue weighted by Gasteiger charge is 2.09. The molecule has 0 spiro atoms. The second kappa shape index (κ2) is 10.1. The van der Waals surface area contributed by atoms with Crippen LogP contribution in [0.15, 0.2) is 59.6 Å². The van der Waals surface area contributed by atoms with Crippen molar-refractivity contribution in [3.05, 3.63) is 71.3 Å². The quantitative estimate of drug-likeness (QED) is 0.479. The lowest BCUT2D eigenvalue weighted by molar-refractivity contribution is 0.587. The summed E-state index contributed by atoms with van der Waals surface area (Å²) in [6.45, 7) is 5.33. The Kier molecular flexibility index (Phi) is 7.82. The normalized spacial score (nSPS) is 13.2. The lowest BCUT2D eigenvalue weighted by atomic mass is 10.1. The van der Waals surface area contributed by atoms with Gasteiger partial charge in [-0.1, -0.05) is 54.6 Å². The molecule has 2 aromatic rings. The van der Waals surface area contributed by atoms with Gasteiger partial charge >= 0.3 is 0 Å². The van der Waals surface area contributed by atoms with Gasteiger partial charge in [-0.3, -0.25) is 0 Å². The first-order valence-corrected chi connectivity index (χ1v) is 10.7. The molecule has 0 heterocycles. The number of hydrogen-bond donors (Lipinski definition) is 3. The first-order valence-electron chi connectivity index (χ1n) is 9.02. The lowest BCUT2D eigenvalue weighted by Gasteiger charge is -2.18. The predicted octanol–water partition coefficient (Wildman–Crippen LogP) is 2.55. The molecule has 0 aliphatic carbocycles. The number of benzene rings is 2. The molecule has 1 unspecified atom stereocenters. The second-order valence-corrected chi connectivity index (χ2v) is 8.18. The lowest BCUT2D eigenvalue weighted by Crippen LogP contribution is -2.38. The standard InChI is InChI=1S/C20H28N4O2S/c1-4-22-20(24-16(2)19-11-6-5-7-12-19)23-14-17-9-8-10-18(13-17)15-27(25,26)21-3/h5-13,16,21H,4,14-15H2,1-3H3,(H2,22,23,24). The Hall–Kier alpha value is -2.38. The summed E-state index contributed by atoms with van der Waals surface area (Å²) in [6.07, 6.45) is 0. The molecule has 0 bridgehead atoms. The van der Waals surface area contributed by atoms with Crippen LogP contribution in [0, 0.1) is 0 Å². The van der Waals surface area contributed by atoms with Gasteiger partial charge in [0.25, 0.3) is 0 Å². The van der Waals surface area contributed by atoms with Crippen LogP contribution in [0.1, 0.15) is 36.6 Å². The third-order valence-electron chi connectivity index (χ3n) is 4.08. The molecule has 2 rings (SSSR count). The summed E-state index contributed by atoms with van der Waals surface area (Å²) in [6, 6.07) is 17.8. The zero-order valence-corrected chi connectivity index (χ0v) is 16.9. The Morgan fingerprint density at radius 1 is 1.07 bits per heavy atom. The van der Waals surface area contributed by atoms with E-state index in [1.807, 2.05) is 49.4 Å². The number of nitrogens with one attached hydrogen (secondary N) is 3. The van der Waals surface area contributed by atoms with E-state index in [2.05, 4.69) is 39.4 Å². The van der Waals surface area contributed by atoms with Crippen molar-refractivity contribution in [2.45, 2.75) is 32.2 Å². The van der Waals surface area contributed by atoms with Gasteiger partial charge in [0.2, 0.25) is 10.0 Å². The molecule has 0 radical (unpaired) electrons. The molecule has 7 heteroatoms. The Morgan fingerprint density at radius 3 is 2.44 bits per heavy atom. The highest BCUT2D eigenvalue weighted by Crippen LogP contribution is 2.12. The number of hydrogen-bond acceptors (Lipinski definition) is 3. The Bertz CT molecular complexity index is 851. The van der Waals surface area contributed by atoms with Crippen LogP contribution in [0.5, 0.6) is 0 Å². The largest absolute Gasteiger partial charge is 0.357 e. The van der Waals surface area contributed by atoms with E-state index < -0.39 is 10.0 Å². The fraction of sp³-hybridized carbons (Fsp3) is 0.350. The van der Waals surface area contributed by atoms with Crippen molar-refractivity contribution in [3.8, 4) is 0 Å². The summed E-state index contributed by atoms with van der Waals surface area (Å²) < 4.78 is 25.8. The van der Waals surface area contributed by atoms with Crippen LogP contribution >= 0.6 is 0 Å². The van der Waals surface area contributed by atoms with Gasteiger partial charge in [-0.25, -0.2) is 18.1 Å². The van der Waals surface area contributed by atoms with Crippen LogP contribution in [0.3, 0.4) is 0 Å². The van der Waals surface area contributed by atoms with E-state index in [9.17, 15) is 8.42 Å². The molecule has 0 saturated carbocycles. The van der Waals surface area contributed by atoms with E-state index >= 15 is 0 Å². The van der Waals surface area contributed by atoms with E-state index in [-0.39, 0.29) is 11.8 Å². The maximum Gasteiger partial charge on any atom is 0.215 e. The second-order valence-electron chi connectivity index (χ2n) is 6.26. The molecule has 0 aromatic heterocycles. The maximum absolute atomic E-state index is 11.7. The van der Waals surface area contributed by atoms with Crippen LogP contribution in [0.2, 0.25) is 0 Å². The zero-order chi connectivity index (χ0) is 19.7. The van der Waals surface area contributed by atoms with Crippen LogP contribution in [0.4, 0.5) is 0 Å². The first-order chi connectivity index (χ1) is 12.9. The summed E-state index contributed by atoms with van der Waals surface area (Å²) in [7, 11) is -1.86. The van der Waals surface area contributed by atoms with Gasteiger partial charge in [0.1, 0.15) is 0 Å². The summed E-state index contributed by atoms with van der Waals surface area (Å²) >= 11 is 0. The van der Waals surface area contributed by atoms with Crippen LogP contribution in [-0.2, 0) is 22.3 Å². The maximum atomic E-state index is 11.7. The number of aliphatic imine (C=N–C) groups is 1. The van der Waals surface area contributed by atoms with Gasteiger partial charge in [-0.2, -0.15) is 0 Å². The van der Waals surface area contributed by atoms with Crippen molar-refractivity contribution in [1.82, 2.24) is 15.4 Å². The van der Waals surface area contributed by atoms with E-state index in [1.54, 1.807) is 0 Å². The smallest absolute Gasteiger partial charge is 0.215 e. The molecule has 0 saturated heterocycles. The number of guanidine groups is 1. The van der Waals surface area contributed by atoms with Gasteiger partial charge in [0, 0.05) is 6.54 Å². The monoisotopic (exact) mass is 388 g/mol. The minimum absolute atomic E-state index is 0.0373. The summed E-state index contributed by atoms with van der Waals surface area (Å²) in [5.41, 5.74) is 2.89. The van der Waals surface area contributed by atoms with Gasteiger partial charge in [-0.05, 0) is 37.6 Å². The summed E-state index contributed by atoms with van der Waals surface area (Å²) in [5.74, 6) is 0.687. The van der Waals surface area contributed by atoms with Crippen LogP contribution in [0.25, 0.3) is 0 Å². The van der Waals surface area contributed by atoms with E-state index in [0.717, 1.165) is 23.6 Å². The van der Waals surface area contributed by atoms with Crippen molar-refractivity contribution in [2.24, 2.45) is 4.99 Å². The zero-order valence-electron chi connectivity index (χ0n) is 16.1. The van der Waals surface area contributed by atoms with Gasteiger partial charge in [0.15, 0.2) is 5.96 Å². The Balaban J connectivity index is 2.08. The molecule has 0 amide bonds. The first kappa shape index (κ1) is 20.9. The number of rotatable bonds is 8. The molecule has 3 N–H and O–H groups in total. The third-order valence-corrected chi connectivity index (χ3v) is 5.41. The van der Waals surface area contributed by atoms with Gasteiger partial charge < -0.3 is 10.6 Å². The molecule has 0 aliphatic rings. The average Bonchev–Trinajstić information content (AvgIpc) is 2.67. The molecule has 2 aromatic carbocycles. The molecule has 146 valence electrons. The highest BCUT2D eigenvalue weighted by molar-refractivity contribution is 7.88. The molecule has 1 atom stereocenters. The van der Waals surface area contributed by atoms with Crippen molar-refractivity contribution < 1.29 is 8.42 Å². The Morgan fingerprint density at radius 2 is 1.78 bits per heavy atom.